The van der Waals surface area contributed by atoms with Crippen LogP contribution < -0.4 is 9.46 Å². The van der Waals surface area contributed by atoms with Crippen molar-refractivity contribution in [2.45, 2.75) is 49.8 Å². The molecule has 8 heteroatoms. The van der Waals surface area contributed by atoms with Gasteiger partial charge in [0.2, 0.25) is 11.8 Å². The first-order chi connectivity index (χ1) is 15.3. The van der Waals surface area contributed by atoms with E-state index >= 15 is 0 Å². The van der Waals surface area contributed by atoms with Gasteiger partial charge in [0.25, 0.3) is 10.0 Å². The number of amides is 1. The summed E-state index contributed by atoms with van der Waals surface area (Å²) < 4.78 is 34.7. The number of rotatable bonds is 7. The Morgan fingerprint density at radius 3 is 2.69 bits per heavy atom. The fourth-order valence-corrected chi connectivity index (χ4v) is 5.25. The van der Waals surface area contributed by atoms with E-state index in [2.05, 4.69) is 14.7 Å². The summed E-state index contributed by atoms with van der Waals surface area (Å²) in [7, 11) is -4.09. The van der Waals surface area contributed by atoms with Crippen LogP contribution in [0.4, 0.5) is 0 Å². The van der Waals surface area contributed by atoms with Crippen molar-refractivity contribution < 1.29 is 17.9 Å². The van der Waals surface area contributed by atoms with Gasteiger partial charge in [0.15, 0.2) is 0 Å². The number of carbonyl (C=O) groups is 1. The average molecular weight is 452 g/mol. The molecule has 0 spiro atoms. The lowest BCUT2D eigenvalue weighted by Gasteiger charge is -2.19. The van der Waals surface area contributed by atoms with Crippen molar-refractivity contribution in [2.24, 2.45) is 5.92 Å². The molecule has 32 heavy (non-hydrogen) atoms. The van der Waals surface area contributed by atoms with E-state index in [4.69, 9.17) is 4.74 Å². The maximum Gasteiger partial charge on any atom is 0.264 e. The van der Waals surface area contributed by atoms with E-state index in [1.54, 1.807) is 30.5 Å². The molecular weight excluding hydrogens is 426 g/mol. The Morgan fingerprint density at radius 2 is 1.97 bits per heavy atom. The van der Waals surface area contributed by atoms with E-state index in [0.29, 0.717) is 47.7 Å². The van der Waals surface area contributed by atoms with Crippen molar-refractivity contribution in [3.8, 4) is 5.88 Å². The van der Waals surface area contributed by atoms with Gasteiger partial charge in [0, 0.05) is 22.8 Å². The monoisotopic (exact) mass is 451 g/mol. The Labute approximate surface area is 187 Å². The molecule has 5 rings (SSSR count). The Hall–Kier alpha value is -3.00. The van der Waals surface area contributed by atoms with Gasteiger partial charge >= 0.3 is 0 Å². The largest absolute Gasteiger partial charge is 0.477 e. The summed E-state index contributed by atoms with van der Waals surface area (Å²) in [6, 6.07) is 10.2. The fourth-order valence-electron chi connectivity index (χ4n) is 3.98. The molecular formula is C24H25N3O4S. The van der Waals surface area contributed by atoms with Crippen LogP contribution in [0.25, 0.3) is 10.9 Å². The Balaban J connectivity index is 1.46. The number of hydrogen-bond acceptors (Lipinski definition) is 6. The minimum absolute atomic E-state index is 0.0409. The van der Waals surface area contributed by atoms with E-state index in [1.165, 1.54) is 6.07 Å². The number of fused-ring (bicyclic) bond motifs is 1. The lowest BCUT2D eigenvalue weighted by molar-refractivity contribution is -0.121. The zero-order chi connectivity index (χ0) is 22.5. The number of sulfonamides is 1. The molecule has 2 aliphatic rings. The molecule has 3 aromatic rings. The van der Waals surface area contributed by atoms with Gasteiger partial charge in [-0.1, -0.05) is 6.07 Å². The van der Waals surface area contributed by atoms with E-state index in [0.717, 1.165) is 24.1 Å². The van der Waals surface area contributed by atoms with E-state index in [1.807, 2.05) is 19.9 Å². The molecule has 0 atom stereocenters. The van der Waals surface area contributed by atoms with Crippen LogP contribution in [0.2, 0.25) is 0 Å². The number of ether oxygens (including phenoxy) is 1. The van der Waals surface area contributed by atoms with Crippen molar-refractivity contribution in [2.75, 3.05) is 6.61 Å². The number of benzene rings is 1. The second kappa shape index (κ2) is 7.55. The van der Waals surface area contributed by atoms with Gasteiger partial charge in [-0.25, -0.2) is 18.1 Å². The van der Waals surface area contributed by atoms with Crippen LogP contribution in [0.5, 0.6) is 5.88 Å². The molecule has 0 radical (unpaired) electrons. The predicted molar refractivity (Wildman–Crippen MR) is 120 cm³/mol. The molecule has 2 heterocycles. The summed E-state index contributed by atoms with van der Waals surface area (Å²) in [5.74, 6) is 0.426. The number of pyridine rings is 2. The zero-order valence-electron chi connectivity index (χ0n) is 18.1. The normalized spacial score (nSPS) is 17.2. The highest BCUT2D eigenvalue weighted by molar-refractivity contribution is 7.90. The highest BCUT2D eigenvalue weighted by Gasteiger charge is 2.54. The van der Waals surface area contributed by atoms with Gasteiger partial charge in [-0.05, 0) is 81.3 Å². The molecule has 1 amide bonds. The third kappa shape index (κ3) is 3.83. The maximum absolute atomic E-state index is 13.3. The second-order valence-electron chi connectivity index (χ2n) is 8.91. The molecule has 7 nitrogen and oxygen atoms in total. The first-order valence-corrected chi connectivity index (χ1v) is 12.3. The molecule has 2 saturated carbocycles. The molecule has 0 aliphatic heterocycles. The minimum atomic E-state index is -4.09. The van der Waals surface area contributed by atoms with E-state index in [-0.39, 0.29) is 4.90 Å². The second-order valence-corrected chi connectivity index (χ2v) is 10.6. The zero-order valence-corrected chi connectivity index (χ0v) is 18.9. The van der Waals surface area contributed by atoms with Gasteiger partial charge < -0.3 is 4.74 Å². The van der Waals surface area contributed by atoms with Crippen LogP contribution in [0.1, 0.15) is 42.5 Å². The van der Waals surface area contributed by atoms with Crippen LogP contribution >= 0.6 is 0 Å². The SMILES string of the molecule is Cc1cnc(OCC2CC2)c(C2(C(=O)NS(=O)(=O)c3cccc4nc(C)ccc34)CC2)c1. The van der Waals surface area contributed by atoms with Crippen molar-refractivity contribution in [3.05, 3.63) is 59.4 Å². The number of carbonyl (C=O) groups excluding carboxylic acids is 1. The highest BCUT2D eigenvalue weighted by atomic mass is 32.2. The molecule has 166 valence electrons. The summed E-state index contributed by atoms with van der Waals surface area (Å²) in [5, 5.41) is 0.480. The molecule has 2 aliphatic carbocycles. The van der Waals surface area contributed by atoms with Gasteiger partial charge in [-0.2, -0.15) is 0 Å². The molecule has 0 unspecified atom stereocenters. The number of aromatic nitrogens is 2. The number of aryl methyl sites for hydroxylation is 2. The smallest absolute Gasteiger partial charge is 0.264 e. The Kier molecular flexibility index (Phi) is 4.93. The van der Waals surface area contributed by atoms with Crippen LogP contribution in [-0.2, 0) is 20.2 Å². The number of nitrogens with zero attached hydrogens (tertiary/aromatic N) is 2. The summed E-state index contributed by atoms with van der Waals surface area (Å²) in [5.41, 5.74) is 1.99. The van der Waals surface area contributed by atoms with Crippen LogP contribution in [0, 0.1) is 19.8 Å². The quantitative estimate of drug-likeness (QED) is 0.590. The third-order valence-electron chi connectivity index (χ3n) is 6.19. The lowest BCUT2D eigenvalue weighted by Crippen LogP contribution is -2.39. The molecule has 1 aromatic carbocycles. The van der Waals surface area contributed by atoms with E-state index < -0.39 is 21.3 Å². The maximum atomic E-state index is 13.3. The molecule has 1 N–H and O–H groups in total. The Bertz CT molecular complexity index is 1330. The summed E-state index contributed by atoms with van der Waals surface area (Å²) in [6.07, 6.45) is 5.10. The van der Waals surface area contributed by atoms with Crippen LogP contribution in [-0.4, -0.2) is 30.9 Å². The topological polar surface area (TPSA) is 98.2 Å². The predicted octanol–water partition coefficient (Wildman–Crippen LogP) is 3.57. The van der Waals surface area contributed by atoms with Crippen molar-refractivity contribution >= 4 is 26.8 Å². The molecule has 2 fully saturated rings. The molecule has 2 aromatic heterocycles. The standard InChI is InChI=1S/C24H25N3O4S/c1-15-12-19(22(25-13-15)31-14-17-7-8-17)24(10-11-24)23(28)27-32(29,30)21-5-3-4-20-18(21)9-6-16(2)26-20/h3-6,9,12-13,17H,7-8,10-11,14H2,1-2H3,(H,27,28). The molecule has 0 saturated heterocycles. The lowest BCUT2D eigenvalue weighted by atomic mass is 9.95. The van der Waals surface area contributed by atoms with Gasteiger partial charge in [-0.3, -0.25) is 9.78 Å². The summed E-state index contributed by atoms with van der Waals surface area (Å²) >= 11 is 0. The highest BCUT2D eigenvalue weighted by Crippen LogP contribution is 2.51. The van der Waals surface area contributed by atoms with Crippen LogP contribution in [0.15, 0.2) is 47.5 Å². The van der Waals surface area contributed by atoms with Crippen molar-refractivity contribution in [3.63, 3.8) is 0 Å². The van der Waals surface area contributed by atoms with Crippen LogP contribution in [0.3, 0.4) is 0 Å². The van der Waals surface area contributed by atoms with Crippen molar-refractivity contribution in [1.82, 2.24) is 14.7 Å². The van der Waals surface area contributed by atoms with Gasteiger partial charge in [0.1, 0.15) is 0 Å². The average Bonchev–Trinajstić information content (AvgIpc) is 3.66. The first kappa shape index (κ1) is 20.9. The van der Waals surface area contributed by atoms with Gasteiger partial charge in [-0.15, -0.1) is 0 Å². The third-order valence-corrected chi connectivity index (χ3v) is 7.58. The number of nitrogens with one attached hydrogen (secondary N) is 1. The fraction of sp³-hybridized carbons (Fsp3) is 0.375. The Morgan fingerprint density at radius 1 is 1.19 bits per heavy atom. The van der Waals surface area contributed by atoms with Crippen molar-refractivity contribution in [1.29, 1.82) is 0 Å². The summed E-state index contributed by atoms with van der Waals surface area (Å²) in [6.45, 7) is 4.32. The number of hydrogen-bond donors (Lipinski definition) is 1. The summed E-state index contributed by atoms with van der Waals surface area (Å²) in [4.78, 5) is 22.2. The molecule has 0 bridgehead atoms. The van der Waals surface area contributed by atoms with E-state index in [9.17, 15) is 13.2 Å². The minimum Gasteiger partial charge on any atom is -0.477 e. The van der Waals surface area contributed by atoms with Gasteiger partial charge in [0.05, 0.1) is 22.4 Å². The first-order valence-electron chi connectivity index (χ1n) is 10.8.